The van der Waals surface area contributed by atoms with Gasteiger partial charge in [0.2, 0.25) is 5.91 Å². The largest absolute Gasteiger partial charge is 0.383 e. The fraction of sp³-hybridized carbons (Fsp3) is 0.867. The number of hydrogen-bond acceptors (Lipinski definition) is 3. The van der Waals surface area contributed by atoms with E-state index in [1.165, 1.54) is 6.42 Å². The Hall–Kier alpha value is -0.570. The standard InChI is InChI=1S/C15H30N4O2.HI/c1-5-16-15(18-9-14(20)17-6-7-21-4)19-10-12(2)8-13(3)11-19;/h12-13H,5-11H2,1-4H3,(H,16,18)(H,17,20);1H. The molecule has 0 bridgehead atoms. The van der Waals surface area contributed by atoms with Crippen LogP contribution >= 0.6 is 24.0 Å². The van der Waals surface area contributed by atoms with Crippen molar-refractivity contribution in [1.29, 1.82) is 0 Å². The number of ether oxygens (including phenoxy) is 1. The number of nitrogens with zero attached hydrogens (tertiary/aromatic N) is 2. The lowest BCUT2D eigenvalue weighted by molar-refractivity contribution is -0.119. The number of carbonyl (C=O) groups excluding carboxylic acids is 1. The van der Waals surface area contributed by atoms with E-state index in [-0.39, 0.29) is 36.4 Å². The minimum Gasteiger partial charge on any atom is -0.383 e. The van der Waals surface area contributed by atoms with E-state index in [0.717, 1.165) is 25.6 Å². The highest BCUT2D eigenvalue weighted by atomic mass is 127. The van der Waals surface area contributed by atoms with Crippen molar-refractivity contribution < 1.29 is 9.53 Å². The van der Waals surface area contributed by atoms with Gasteiger partial charge in [0.25, 0.3) is 0 Å². The Balaban J connectivity index is 0.00000441. The predicted molar refractivity (Wildman–Crippen MR) is 101 cm³/mol. The number of aliphatic imine (C=N–C) groups is 1. The summed E-state index contributed by atoms with van der Waals surface area (Å²) < 4.78 is 4.90. The second kappa shape index (κ2) is 11.9. The third-order valence-electron chi connectivity index (χ3n) is 3.50. The number of amides is 1. The van der Waals surface area contributed by atoms with Crippen LogP contribution in [-0.4, -0.2) is 63.2 Å². The summed E-state index contributed by atoms with van der Waals surface area (Å²) in [6.45, 7) is 10.6. The second-order valence-electron chi connectivity index (χ2n) is 5.86. The van der Waals surface area contributed by atoms with Crippen LogP contribution in [0.1, 0.15) is 27.2 Å². The van der Waals surface area contributed by atoms with Crippen molar-refractivity contribution in [2.75, 3.05) is 46.4 Å². The van der Waals surface area contributed by atoms with Crippen LogP contribution in [-0.2, 0) is 9.53 Å². The van der Waals surface area contributed by atoms with Gasteiger partial charge in [-0.15, -0.1) is 24.0 Å². The molecule has 1 saturated heterocycles. The zero-order valence-electron chi connectivity index (χ0n) is 14.2. The van der Waals surface area contributed by atoms with Gasteiger partial charge in [0.1, 0.15) is 6.54 Å². The second-order valence-corrected chi connectivity index (χ2v) is 5.86. The van der Waals surface area contributed by atoms with Gasteiger partial charge in [0.05, 0.1) is 6.61 Å². The van der Waals surface area contributed by atoms with Gasteiger partial charge in [0.15, 0.2) is 5.96 Å². The summed E-state index contributed by atoms with van der Waals surface area (Å²) in [5, 5.41) is 6.07. The van der Waals surface area contributed by atoms with Gasteiger partial charge in [0, 0.05) is 33.3 Å². The van der Waals surface area contributed by atoms with E-state index in [2.05, 4.69) is 34.4 Å². The summed E-state index contributed by atoms with van der Waals surface area (Å²) in [6.07, 6.45) is 1.26. The fourth-order valence-electron chi connectivity index (χ4n) is 2.76. The van der Waals surface area contributed by atoms with E-state index < -0.39 is 0 Å². The highest BCUT2D eigenvalue weighted by molar-refractivity contribution is 14.0. The average Bonchev–Trinajstić information content (AvgIpc) is 2.42. The minimum absolute atomic E-state index is 0. The molecule has 1 amide bonds. The van der Waals surface area contributed by atoms with Crippen molar-refractivity contribution in [3.05, 3.63) is 0 Å². The first kappa shape index (κ1) is 21.4. The Labute approximate surface area is 151 Å². The van der Waals surface area contributed by atoms with Crippen molar-refractivity contribution in [3.63, 3.8) is 0 Å². The number of rotatable bonds is 6. The van der Waals surface area contributed by atoms with Gasteiger partial charge >= 0.3 is 0 Å². The molecule has 1 heterocycles. The summed E-state index contributed by atoms with van der Waals surface area (Å²) in [5.74, 6) is 2.10. The van der Waals surface area contributed by atoms with E-state index in [9.17, 15) is 4.79 Å². The van der Waals surface area contributed by atoms with Crippen molar-refractivity contribution in [1.82, 2.24) is 15.5 Å². The molecule has 22 heavy (non-hydrogen) atoms. The number of methoxy groups -OCH3 is 1. The Bertz CT molecular complexity index is 342. The molecule has 6 nitrogen and oxygen atoms in total. The molecule has 0 aromatic heterocycles. The first-order valence-corrected chi connectivity index (χ1v) is 7.85. The maximum atomic E-state index is 11.7. The quantitative estimate of drug-likeness (QED) is 0.291. The molecule has 2 unspecified atom stereocenters. The first-order chi connectivity index (χ1) is 10.1. The van der Waals surface area contributed by atoms with Crippen LogP contribution in [0, 0.1) is 11.8 Å². The number of halogens is 1. The molecule has 1 rings (SSSR count). The molecule has 1 fully saturated rings. The average molecular weight is 426 g/mol. The molecule has 2 N–H and O–H groups in total. The molecule has 2 atom stereocenters. The molecule has 0 radical (unpaired) electrons. The van der Waals surface area contributed by atoms with Crippen LogP contribution in [0.5, 0.6) is 0 Å². The van der Waals surface area contributed by atoms with E-state index in [0.29, 0.717) is 25.0 Å². The molecule has 0 aromatic rings. The summed E-state index contributed by atoms with van der Waals surface area (Å²) in [5.41, 5.74) is 0. The Morgan fingerprint density at radius 3 is 2.45 bits per heavy atom. The molecule has 1 aliphatic rings. The van der Waals surface area contributed by atoms with E-state index in [4.69, 9.17) is 4.74 Å². The van der Waals surface area contributed by atoms with Gasteiger partial charge in [-0.05, 0) is 25.2 Å². The van der Waals surface area contributed by atoms with Crippen LogP contribution < -0.4 is 10.6 Å². The molecule has 0 aromatic carbocycles. The topological polar surface area (TPSA) is 66.0 Å². The summed E-state index contributed by atoms with van der Waals surface area (Å²) in [7, 11) is 1.62. The molecule has 7 heteroatoms. The van der Waals surface area contributed by atoms with Crippen molar-refractivity contribution in [2.45, 2.75) is 27.2 Å². The van der Waals surface area contributed by atoms with Gasteiger partial charge in [-0.25, -0.2) is 4.99 Å². The SMILES string of the molecule is CCNC(=NCC(=O)NCCOC)N1CC(C)CC(C)C1.I. The molecular weight excluding hydrogens is 395 g/mol. The minimum atomic E-state index is -0.0689. The van der Waals surface area contributed by atoms with Gasteiger partial charge in [-0.1, -0.05) is 13.8 Å². The zero-order chi connectivity index (χ0) is 15.7. The maximum Gasteiger partial charge on any atom is 0.241 e. The Morgan fingerprint density at radius 1 is 1.27 bits per heavy atom. The highest BCUT2D eigenvalue weighted by Gasteiger charge is 2.24. The van der Waals surface area contributed by atoms with Crippen LogP contribution in [0.2, 0.25) is 0 Å². The van der Waals surface area contributed by atoms with Crippen LogP contribution in [0.25, 0.3) is 0 Å². The van der Waals surface area contributed by atoms with E-state index in [1.54, 1.807) is 7.11 Å². The normalized spacial score (nSPS) is 22.0. The number of guanidine groups is 1. The van der Waals surface area contributed by atoms with E-state index >= 15 is 0 Å². The lowest BCUT2D eigenvalue weighted by atomic mass is 9.92. The fourth-order valence-corrected chi connectivity index (χ4v) is 2.76. The molecule has 0 saturated carbocycles. The third-order valence-corrected chi connectivity index (χ3v) is 3.50. The van der Waals surface area contributed by atoms with Crippen molar-refractivity contribution >= 4 is 35.8 Å². The summed E-state index contributed by atoms with van der Waals surface area (Å²) in [6, 6.07) is 0. The van der Waals surface area contributed by atoms with Crippen LogP contribution in [0.3, 0.4) is 0 Å². The van der Waals surface area contributed by atoms with Gasteiger partial charge in [-0.3, -0.25) is 4.79 Å². The Kier molecular flexibility index (Phi) is 11.6. The van der Waals surface area contributed by atoms with E-state index in [1.807, 2.05) is 6.92 Å². The van der Waals surface area contributed by atoms with Crippen LogP contribution in [0.4, 0.5) is 0 Å². The number of likely N-dealkylation sites (tertiary alicyclic amines) is 1. The summed E-state index contributed by atoms with van der Waals surface area (Å²) in [4.78, 5) is 18.4. The highest BCUT2D eigenvalue weighted by Crippen LogP contribution is 2.20. The maximum absolute atomic E-state index is 11.7. The third kappa shape index (κ3) is 8.17. The zero-order valence-corrected chi connectivity index (χ0v) is 16.6. The summed E-state index contributed by atoms with van der Waals surface area (Å²) >= 11 is 0. The lowest BCUT2D eigenvalue weighted by Crippen LogP contribution is -2.48. The number of nitrogens with one attached hydrogen (secondary N) is 2. The number of carbonyl (C=O) groups is 1. The lowest BCUT2D eigenvalue weighted by Gasteiger charge is -2.37. The molecule has 1 aliphatic heterocycles. The van der Waals surface area contributed by atoms with Crippen LogP contribution in [0.15, 0.2) is 4.99 Å². The van der Waals surface area contributed by atoms with Gasteiger partial charge < -0.3 is 20.3 Å². The Morgan fingerprint density at radius 2 is 1.91 bits per heavy atom. The molecule has 0 aliphatic carbocycles. The van der Waals surface area contributed by atoms with Crippen molar-refractivity contribution in [3.8, 4) is 0 Å². The molecule has 0 spiro atoms. The number of piperidine rings is 1. The smallest absolute Gasteiger partial charge is 0.241 e. The monoisotopic (exact) mass is 426 g/mol. The molecular formula is C15H31IN4O2. The molecule has 130 valence electrons. The first-order valence-electron chi connectivity index (χ1n) is 7.85. The number of hydrogen-bond donors (Lipinski definition) is 2. The van der Waals surface area contributed by atoms with Gasteiger partial charge in [-0.2, -0.15) is 0 Å². The predicted octanol–water partition coefficient (Wildman–Crippen LogP) is 1.31. The van der Waals surface area contributed by atoms with Crippen molar-refractivity contribution in [2.24, 2.45) is 16.8 Å².